The predicted molar refractivity (Wildman–Crippen MR) is 124 cm³/mol. The lowest BCUT2D eigenvalue weighted by atomic mass is 9.96. The largest absolute Gasteiger partial charge is 0.480 e. The molecule has 13 nitrogen and oxygen atoms in total. The highest BCUT2D eigenvalue weighted by atomic mass is 16.4. The number of likely N-dealkylation sites (tertiary alicyclic amines) is 1. The fourth-order valence-corrected chi connectivity index (χ4v) is 3.96. The highest BCUT2D eigenvalue weighted by Gasteiger charge is 2.39. The van der Waals surface area contributed by atoms with Crippen LogP contribution in [0.2, 0.25) is 0 Å². The van der Waals surface area contributed by atoms with Gasteiger partial charge in [0.05, 0.1) is 12.4 Å². The van der Waals surface area contributed by atoms with Crippen LogP contribution in [-0.2, 0) is 30.4 Å². The van der Waals surface area contributed by atoms with Crippen LogP contribution in [0.3, 0.4) is 0 Å². The molecule has 1 aliphatic heterocycles. The van der Waals surface area contributed by atoms with Crippen LogP contribution in [0.5, 0.6) is 0 Å². The zero-order valence-electron chi connectivity index (χ0n) is 20.0. The van der Waals surface area contributed by atoms with E-state index in [1.54, 1.807) is 6.92 Å². The third-order valence-corrected chi connectivity index (χ3v) is 6.25. The summed E-state index contributed by atoms with van der Waals surface area (Å²) in [6.07, 6.45) is 4.39. The van der Waals surface area contributed by atoms with Gasteiger partial charge in [-0.1, -0.05) is 20.3 Å². The SMILES string of the molecule is CCC(C)C(NC(=O)C(N)CCC(N)=O)C(=O)NC(Cc1cnc[nH]1)C(=O)N1CCCC1C(=O)O. The van der Waals surface area contributed by atoms with Crippen molar-refractivity contribution in [3.05, 3.63) is 18.2 Å². The molecule has 5 unspecified atom stereocenters. The van der Waals surface area contributed by atoms with Crippen molar-refractivity contribution in [2.75, 3.05) is 6.54 Å². The number of carbonyl (C=O) groups is 5. The molecule has 0 aliphatic carbocycles. The molecule has 1 aliphatic rings. The van der Waals surface area contributed by atoms with E-state index in [0.717, 1.165) is 0 Å². The van der Waals surface area contributed by atoms with Crippen molar-refractivity contribution in [3.8, 4) is 0 Å². The van der Waals surface area contributed by atoms with E-state index < -0.39 is 53.8 Å². The zero-order valence-corrected chi connectivity index (χ0v) is 20.0. The van der Waals surface area contributed by atoms with Gasteiger partial charge in [0.2, 0.25) is 23.6 Å². The maximum absolute atomic E-state index is 13.3. The van der Waals surface area contributed by atoms with E-state index in [2.05, 4.69) is 20.6 Å². The Morgan fingerprint density at radius 1 is 1.26 bits per heavy atom. The van der Waals surface area contributed by atoms with E-state index in [9.17, 15) is 29.1 Å². The van der Waals surface area contributed by atoms with Gasteiger partial charge in [0.25, 0.3) is 0 Å². The summed E-state index contributed by atoms with van der Waals surface area (Å²) >= 11 is 0. The average Bonchev–Trinajstić information content (AvgIpc) is 3.51. The van der Waals surface area contributed by atoms with Crippen molar-refractivity contribution >= 4 is 29.6 Å². The Labute approximate surface area is 203 Å². The lowest BCUT2D eigenvalue weighted by Gasteiger charge is -2.30. The fourth-order valence-electron chi connectivity index (χ4n) is 3.96. The van der Waals surface area contributed by atoms with Crippen molar-refractivity contribution < 1.29 is 29.1 Å². The summed E-state index contributed by atoms with van der Waals surface area (Å²) < 4.78 is 0. The lowest BCUT2D eigenvalue weighted by molar-refractivity contribution is -0.149. The molecule has 5 atom stereocenters. The van der Waals surface area contributed by atoms with Crippen LogP contribution in [0.1, 0.15) is 51.6 Å². The van der Waals surface area contributed by atoms with E-state index >= 15 is 0 Å². The topological polar surface area (TPSA) is 214 Å². The lowest BCUT2D eigenvalue weighted by Crippen LogP contribution is -2.59. The highest BCUT2D eigenvalue weighted by molar-refractivity contribution is 5.94. The predicted octanol–water partition coefficient (Wildman–Crippen LogP) is -1.36. The molecule has 4 amide bonds. The molecule has 2 rings (SSSR count). The number of aromatic amines is 1. The van der Waals surface area contributed by atoms with Gasteiger partial charge >= 0.3 is 5.97 Å². The number of hydrogen-bond acceptors (Lipinski definition) is 7. The number of carbonyl (C=O) groups excluding carboxylic acids is 4. The second-order valence-corrected chi connectivity index (χ2v) is 8.85. The maximum atomic E-state index is 13.3. The molecule has 13 heteroatoms. The number of imidazole rings is 1. The van der Waals surface area contributed by atoms with Gasteiger partial charge in [-0.15, -0.1) is 0 Å². The molecule has 8 N–H and O–H groups in total. The Balaban J connectivity index is 2.20. The third kappa shape index (κ3) is 7.77. The Bertz CT molecular complexity index is 906. The van der Waals surface area contributed by atoms with Crippen LogP contribution >= 0.6 is 0 Å². The molecule has 0 bridgehead atoms. The molecule has 1 fully saturated rings. The summed E-state index contributed by atoms with van der Waals surface area (Å²) in [5, 5.41) is 14.8. The molecular weight excluding hydrogens is 458 g/mol. The smallest absolute Gasteiger partial charge is 0.326 e. The standard InChI is InChI=1S/C22H35N7O6/c1-3-12(2)18(28-19(31)14(23)6-7-17(24)30)20(32)27-15(9-13-10-25-11-26-13)21(33)29-8-4-5-16(29)22(34)35/h10-12,14-16,18H,3-9,23H2,1-2H3,(H2,24,30)(H,25,26)(H,27,32)(H,28,31)(H,34,35). The number of amides is 4. The second-order valence-electron chi connectivity index (χ2n) is 8.85. The molecule has 1 aromatic heterocycles. The Hall–Kier alpha value is -3.48. The van der Waals surface area contributed by atoms with Gasteiger partial charge in [0.1, 0.15) is 18.1 Å². The zero-order chi connectivity index (χ0) is 26.1. The van der Waals surface area contributed by atoms with Crippen LogP contribution in [0, 0.1) is 5.92 Å². The summed E-state index contributed by atoms with van der Waals surface area (Å²) in [6, 6.07) is -4.07. The first kappa shape index (κ1) is 27.8. The third-order valence-electron chi connectivity index (χ3n) is 6.25. The number of carboxylic acids is 1. The Kier molecular flexibility index (Phi) is 10.2. The van der Waals surface area contributed by atoms with Crippen LogP contribution < -0.4 is 22.1 Å². The first-order valence-electron chi connectivity index (χ1n) is 11.7. The number of nitrogens with zero attached hydrogens (tertiary/aromatic N) is 2. The summed E-state index contributed by atoms with van der Waals surface area (Å²) in [6.45, 7) is 3.89. The highest BCUT2D eigenvalue weighted by Crippen LogP contribution is 2.20. The molecule has 1 aromatic rings. The van der Waals surface area contributed by atoms with Crippen LogP contribution in [-0.4, -0.2) is 80.3 Å². The van der Waals surface area contributed by atoms with Gasteiger partial charge in [0, 0.05) is 31.3 Å². The quantitative estimate of drug-likeness (QED) is 0.192. The second kappa shape index (κ2) is 12.8. The number of aliphatic carboxylic acids is 1. The number of aromatic nitrogens is 2. The van der Waals surface area contributed by atoms with Crippen LogP contribution in [0.25, 0.3) is 0 Å². The van der Waals surface area contributed by atoms with Gasteiger partial charge in [-0.05, 0) is 25.2 Å². The molecule has 194 valence electrons. The number of nitrogens with one attached hydrogen (secondary N) is 3. The van der Waals surface area contributed by atoms with E-state index in [1.165, 1.54) is 17.4 Å². The fraction of sp³-hybridized carbons (Fsp3) is 0.636. The molecule has 0 saturated carbocycles. The maximum Gasteiger partial charge on any atom is 0.326 e. The monoisotopic (exact) mass is 493 g/mol. The van der Waals surface area contributed by atoms with Gasteiger partial charge in [-0.25, -0.2) is 9.78 Å². The first-order valence-corrected chi connectivity index (χ1v) is 11.7. The van der Waals surface area contributed by atoms with E-state index in [1.807, 2.05) is 6.92 Å². The molecule has 2 heterocycles. The van der Waals surface area contributed by atoms with Crippen molar-refractivity contribution in [1.82, 2.24) is 25.5 Å². The minimum atomic E-state index is -1.10. The minimum absolute atomic E-state index is 0.0302. The summed E-state index contributed by atoms with van der Waals surface area (Å²) in [4.78, 5) is 69.9. The average molecular weight is 494 g/mol. The van der Waals surface area contributed by atoms with Gasteiger partial charge in [0.15, 0.2) is 0 Å². The van der Waals surface area contributed by atoms with Crippen molar-refractivity contribution in [1.29, 1.82) is 0 Å². The number of H-pyrrole nitrogens is 1. The summed E-state index contributed by atoms with van der Waals surface area (Å²) in [7, 11) is 0. The molecular formula is C22H35N7O6. The van der Waals surface area contributed by atoms with Crippen molar-refractivity contribution in [3.63, 3.8) is 0 Å². The molecule has 0 radical (unpaired) electrons. The summed E-state index contributed by atoms with van der Waals surface area (Å²) in [5.74, 6) is -3.73. The number of primary amides is 1. The normalized spacial score (nSPS) is 18.8. The molecule has 0 aromatic carbocycles. The van der Waals surface area contributed by atoms with E-state index in [4.69, 9.17) is 11.5 Å². The Morgan fingerprint density at radius 2 is 1.97 bits per heavy atom. The first-order chi connectivity index (χ1) is 16.5. The number of hydrogen-bond donors (Lipinski definition) is 6. The molecule has 35 heavy (non-hydrogen) atoms. The van der Waals surface area contributed by atoms with E-state index in [-0.39, 0.29) is 31.7 Å². The van der Waals surface area contributed by atoms with Crippen molar-refractivity contribution in [2.45, 2.75) is 76.5 Å². The number of carboxylic acid groups (broad SMARTS) is 1. The van der Waals surface area contributed by atoms with Crippen LogP contribution in [0.15, 0.2) is 12.5 Å². The van der Waals surface area contributed by atoms with Gasteiger partial charge in [-0.3, -0.25) is 19.2 Å². The summed E-state index contributed by atoms with van der Waals surface area (Å²) in [5.41, 5.74) is 11.5. The minimum Gasteiger partial charge on any atom is -0.480 e. The van der Waals surface area contributed by atoms with Crippen molar-refractivity contribution in [2.24, 2.45) is 17.4 Å². The van der Waals surface area contributed by atoms with Crippen LogP contribution in [0.4, 0.5) is 0 Å². The molecule has 0 spiro atoms. The van der Waals surface area contributed by atoms with Gasteiger partial charge < -0.3 is 37.1 Å². The number of rotatable bonds is 13. The Morgan fingerprint density at radius 3 is 2.54 bits per heavy atom. The number of nitrogens with two attached hydrogens (primary N) is 2. The van der Waals surface area contributed by atoms with Gasteiger partial charge in [-0.2, -0.15) is 0 Å². The van der Waals surface area contributed by atoms with E-state index in [0.29, 0.717) is 25.0 Å². The molecule has 1 saturated heterocycles.